The number of piperidine rings is 1. The van der Waals surface area contributed by atoms with Gasteiger partial charge < -0.3 is 14.6 Å². The fourth-order valence-corrected chi connectivity index (χ4v) is 3.59. The van der Waals surface area contributed by atoms with Crippen LogP contribution >= 0.6 is 0 Å². The molecular weight excluding hydrogens is 250 g/mol. The van der Waals surface area contributed by atoms with Gasteiger partial charge in [0.2, 0.25) is 0 Å². The maximum atomic E-state index is 12.4. The molecule has 1 amide bonds. The van der Waals surface area contributed by atoms with Gasteiger partial charge in [-0.1, -0.05) is 0 Å². The molecule has 4 nitrogen and oxygen atoms in total. The zero-order chi connectivity index (χ0) is 13.7. The van der Waals surface area contributed by atoms with E-state index in [-0.39, 0.29) is 5.91 Å². The molecule has 2 aliphatic heterocycles. The van der Waals surface area contributed by atoms with Crippen molar-refractivity contribution in [3.8, 4) is 0 Å². The highest BCUT2D eigenvalue weighted by atomic mass is 16.1. The summed E-state index contributed by atoms with van der Waals surface area (Å²) in [6.07, 6.45) is 3.20. The van der Waals surface area contributed by atoms with Crippen molar-refractivity contribution in [2.45, 2.75) is 19.4 Å². The highest BCUT2D eigenvalue weighted by Crippen LogP contribution is 2.27. The number of amides is 1. The maximum Gasteiger partial charge on any atom is 0.251 e. The van der Waals surface area contributed by atoms with E-state index >= 15 is 0 Å². The number of pyridine rings is 1. The fraction of sp³-hybridized carbons (Fsp3) is 0.438. The smallest absolute Gasteiger partial charge is 0.251 e. The van der Waals surface area contributed by atoms with Crippen LogP contribution in [0.4, 0.5) is 0 Å². The molecular formula is C16H19N3O. The van der Waals surface area contributed by atoms with Gasteiger partial charge in [0.25, 0.3) is 5.91 Å². The molecule has 1 N–H and O–H groups in total. The van der Waals surface area contributed by atoms with Crippen molar-refractivity contribution in [2.75, 3.05) is 19.6 Å². The second-order valence-corrected chi connectivity index (χ2v) is 6.07. The highest BCUT2D eigenvalue weighted by Gasteiger charge is 2.38. The number of hydrogen-bond donors (Lipinski definition) is 1. The van der Waals surface area contributed by atoms with Crippen LogP contribution in [0.5, 0.6) is 0 Å². The number of hydrogen-bond acceptors (Lipinski definition) is 2. The summed E-state index contributed by atoms with van der Waals surface area (Å²) in [6.45, 7) is 5.44. The molecule has 3 unspecified atom stereocenters. The van der Waals surface area contributed by atoms with Gasteiger partial charge in [0, 0.05) is 42.1 Å². The van der Waals surface area contributed by atoms with E-state index in [2.05, 4.69) is 33.7 Å². The Morgan fingerprint density at radius 3 is 2.95 bits per heavy atom. The molecule has 0 radical (unpaired) electrons. The van der Waals surface area contributed by atoms with Crippen LogP contribution in [0.15, 0.2) is 30.5 Å². The first-order chi connectivity index (χ1) is 9.70. The second kappa shape index (κ2) is 4.35. The average Bonchev–Trinajstić information content (AvgIpc) is 3.14. The monoisotopic (exact) mass is 269 g/mol. The lowest BCUT2D eigenvalue weighted by molar-refractivity contribution is 0.0924. The van der Waals surface area contributed by atoms with Crippen LogP contribution in [0.3, 0.4) is 0 Å². The summed E-state index contributed by atoms with van der Waals surface area (Å²) in [5.74, 6) is 0.711. The predicted octanol–water partition coefficient (Wildman–Crippen LogP) is 1.68. The number of rotatable bonds is 2. The average molecular weight is 269 g/mol. The van der Waals surface area contributed by atoms with E-state index in [9.17, 15) is 4.79 Å². The van der Waals surface area contributed by atoms with Crippen molar-refractivity contribution >= 4 is 11.4 Å². The van der Waals surface area contributed by atoms with Crippen LogP contribution in [0.25, 0.3) is 5.52 Å². The van der Waals surface area contributed by atoms with E-state index in [0.717, 1.165) is 24.2 Å². The molecule has 0 spiro atoms. The van der Waals surface area contributed by atoms with Crippen molar-refractivity contribution in [2.24, 2.45) is 5.92 Å². The molecule has 4 heterocycles. The number of fused-ring (bicyclic) bond motifs is 3. The van der Waals surface area contributed by atoms with Crippen LogP contribution in [0.2, 0.25) is 0 Å². The van der Waals surface area contributed by atoms with E-state index in [4.69, 9.17) is 0 Å². The molecule has 0 aliphatic carbocycles. The van der Waals surface area contributed by atoms with E-state index in [0.29, 0.717) is 12.0 Å². The Kier molecular flexibility index (Phi) is 2.60. The molecule has 3 atom stereocenters. The van der Waals surface area contributed by atoms with Gasteiger partial charge in [0.1, 0.15) is 0 Å². The lowest BCUT2D eigenvalue weighted by Gasteiger charge is -2.23. The van der Waals surface area contributed by atoms with Gasteiger partial charge in [0.05, 0.1) is 0 Å². The summed E-state index contributed by atoms with van der Waals surface area (Å²) < 4.78 is 2.10. The summed E-state index contributed by atoms with van der Waals surface area (Å²) in [5, 5.41) is 3.21. The molecule has 2 aliphatic rings. The van der Waals surface area contributed by atoms with E-state index in [1.807, 2.05) is 18.3 Å². The van der Waals surface area contributed by atoms with Crippen LogP contribution in [-0.4, -0.2) is 40.9 Å². The van der Waals surface area contributed by atoms with Crippen LogP contribution in [-0.2, 0) is 0 Å². The first-order valence-corrected chi connectivity index (χ1v) is 7.32. The molecule has 4 rings (SSSR count). The summed E-state index contributed by atoms with van der Waals surface area (Å²) >= 11 is 0. The minimum Gasteiger partial charge on any atom is -0.348 e. The number of aryl methyl sites for hydroxylation is 1. The van der Waals surface area contributed by atoms with E-state index in [1.165, 1.54) is 18.7 Å². The number of carbonyl (C=O) groups is 1. The Balaban J connectivity index is 1.54. The molecule has 0 saturated carbocycles. The van der Waals surface area contributed by atoms with Crippen molar-refractivity contribution < 1.29 is 4.79 Å². The Morgan fingerprint density at radius 1 is 1.30 bits per heavy atom. The quantitative estimate of drug-likeness (QED) is 0.900. The van der Waals surface area contributed by atoms with Gasteiger partial charge >= 0.3 is 0 Å². The standard InChI is InChI=1S/C16H19N3O/c1-11-2-3-14-8-12(5-7-19(11)14)16(20)17-15-10-18-6-4-13(15)9-18/h2-3,5,7-8,13,15H,4,6,9-10H2,1H3,(H,17,20). The largest absolute Gasteiger partial charge is 0.348 e. The summed E-state index contributed by atoms with van der Waals surface area (Å²) in [4.78, 5) is 14.8. The molecule has 2 fully saturated rings. The predicted molar refractivity (Wildman–Crippen MR) is 77.9 cm³/mol. The van der Waals surface area contributed by atoms with E-state index in [1.54, 1.807) is 0 Å². The molecule has 2 aromatic rings. The third-order valence-corrected chi connectivity index (χ3v) is 4.77. The Hall–Kier alpha value is -1.81. The Labute approximate surface area is 118 Å². The minimum atomic E-state index is 0.0603. The van der Waals surface area contributed by atoms with Crippen molar-refractivity contribution in [3.05, 3.63) is 41.7 Å². The molecule has 2 saturated heterocycles. The van der Waals surface area contributed by atoms with Crippen molar-refractivity contribution in [3.63, 3.8) is 0 Å². The summed E-state index contributed by atoms with van der Waals surface area (Å²) in [5.41, 5.74) is 3.02. The number of aromatic nitrogens is 1. The van der Waals surface area contributed by atoms with Gasteiger partial charge in [-0.05, 0) is 50.1 Å². The summed E-state index contributed by atoms with van der Waals surface area (Å²) in [7, 11) is 0. The van der Waals surface area contributed by atoms with Crippen LogP contribution < -0.4 is 5.32 Å². The lowest BCUT2D eigenvalue weighted by Crippen LogP contribution is -2.43. The van der Waals surface area contributed by atoms with Gasteiger partial charge in [0.15, 0.2) is 0 Å². The zero-order valence-electron chi connectivity index (χ0n) is 11.7. The van der Waals surface area contributed by atoms with Crippen molar-refractivity contribution in [1.82, 2.24) is 14.6 Å². The van der Waals surface area contributed by atoms with Gasteiger partial charge in [-0.15, -0.1) is 0 Å². The van der Waals surface area contributed by atoms with Crippen LogP contribution in [0.1, 0.15) is 22.5 Å². The van der Waals surface area contributed by atoms with Crippen molar-refractivity contribution in [1.29, 1.82) is 0 Å². The first-order valence-electron chi connectivity index (χ1n) is 7.32. The third kappa shape index (κ3) is 1.83. The number of carbonyl (C=O) groups excluding carboxylic acids is 1. The normalized spacial score (nSPS) is 28.1. The molecule has 4 heteroatoms. The minimum absolute atomic E-state index is 0.0603. The SMILES string of the molecule is Cc1ccc2cc(C(=O)NC3CN4CCC3C4)ccn12. The molecule has 2 bridgehead atoms. The molecule has 2 aromatic heterocycles. The fourth-order valence-electron chi connectivity index (χ4n) is 3.59. The highest BCUT2D eigenvalue weighted by molar-refractivity contribution is 5.95. The third-order valence-electron chi connectivity index (χ3n) is 4.77. The maximum absolute atomic E-state index is 12.4. The van der Waals surface area contributed by atoms with Gasteiger partial charge in [-0.3, -0.25) is 4.79 Å². The van der Waals surface area contributed by atoms with Crippen LogP contribution in [0, 0.1) is 12.8 Å². The summed E-state index contributed by atoms with van der Waals surface area (Å²) in [6, 6.07) is 8.33. The Morgan fingerprint density at radius 2 is 2.20 bits per heavy atom. The van der Waals surface area contributed by atoms with Gasteiger partial charge in [-0.2, -0.15) is 0 Å². The molecule has 0 aromatic carbocycles. The Bertz CT molecular complexity index is 675. The number of nitrogens with one attached hydrogen (secondary N) is 1. The molecule has 104 valence electrons. The number of nitrogens with zero attached hydrogens (tertiary/aromatic N) is 2. The zero-order valence-corrected chi connectivity index (χ0v) is 11.7. The van der Waals surface area contributed by atoms with Gasteiger partial charge in [-0.25, -0.2) is 0 Å². The second-order valence-electron chi connectivity index (χ2n) is 6.07. The van der Waals surface area contributed by atoms with E-state index < -0.39 is 0 Å². The molecule has 20 heavy (non-hydrogen) atoms. The lowest BCUT2D eigenvalue weighted by atomic mass is 10.00. The first kappa shape index (κ1) is 12.0. The topological polar surface area (TPSA) is 36.8 Å².